The Hall–Kier alpha value is -0.120. The molecule has 3 nitrogen and oxygen atoms in total. The highest BCUT2D eigenvalue weighted by atomic mass is 16.5. The molecular weight excluding hydrogens is 188 g/mol. The summed E-state index contributed by atoms with van der Waals surface area (Å²) >= 11 is 0. The van der Waals surface area contributed by atoms with Crippen molar-refractivity contribution in [1.82, 2.24) is 10.2 Å². The molecule has 0 spiro atoms. The number of rotatable bonds is 7. The van der Waals surface area contributed by atoms with Crippen LogP contribution in [0.15, 0.2) is 0 Å². The standard InChI is InChI=1S/C12H24N2O/c1-10(12-3-4-12)14(5-6-15-2)9-11-7-13-8-11/h10-13H,3-9H2,1-2H3. The van der Waals surface area contributed by atoms with Crippen LogP contribution in [0.4, 0.5) is 0 Å². The van der Waals surface area contributed by atoms with Crippen molar-refractivity contribution in [2.45, 2.75) is 25.8 Å². The van der Waals surface area contributed by atoms with E-state index in [4.69, 9.17) is 4.74 Å². The van der Waals surface area contributed by atoms with Gasteiger partial charge in [-0.2, -0.15) is 0 Å². The highest BCUT2D eigenvalue weighted by Crippen LogP contribution is 2.35. The van der Waals surface area contributed by atoms with Crippen molar-refractivity contribution in [3.63, 3.8) is 0 Å². The second kappa shape index (κ2) is 5.28. The summed E-state index contributed by atoms with van der Waals surface area (Å²) in [7, 11) is 1.80. The summed E-state index contributed by atoms with van der Waals surface area (Å²) in [6.45, 7) is 8.04. The number of nitrogens with one attached hydrogen (secondary N) is 1. The van der Waals surface area contributed by atoms with E-state index < -0.39 is 0 Å². The Balaban J connectivity index is 1.76. The lowest BCUT2D eigenvalue weighted by Crippen LogP contribution is -2.51. The third-order valence-electron chi connectivity index (χ3n) is 3.82. The molecule has 0 aromatic rings. The molecule has 3 heteroatoms. The molecule has 2 rings (SSSR count). The first-order chi connectivity index (χ1) is 7.31. The molecule has 2 aliphatic rings. The van der Waals surface area contributed by atoms with Crippen LogP contribution in [0.2, 0.25) is 0 Å². The fourth-order valence-corrected chi connectivity index (χ4v) is 2.36. The number of ether oxygens (including phenoxy) is 1. The molecular formula is C12H24N2O. The predicted molar refractivity (Wildman–Crippen MR) is 62.0 cm³/mol. The molecule has 1 N–H and O–H groups in total. The Kier molecular flexibility index (Phi) is 4.00. The summed E-state index contributed by atoms with van der Waals surface area (Å²) in [5, 5.41) is 3.35. The van der Waals surface area contributed by atoms with Crippen LogP contribution in [0.3, 0.4) is 0 Å². The van der Waals surface area contributed by atoms with Gasteiger partial charge < -0.3 is 10.1 Å². The first-order valence-electron chi connectivity index (χ1n) is 6.25. The summed E-state index contributed by atoms with van der Waals surface area (Å²) in [6, 6.07) is 0.765. The molecule has 1 aliphatic heterocycles. The maximum atomic E-state index is 5.20. The topological polar surface area (TPSA) is 24.5 Å². The van der Waals surface area contributed by atoms with E-state index in [-0.39, 0.29) is 0 Å². The predicted octanol–water partition coefficient (Wildman–Crippen LogP) is 0.953. The molecule has 1 heterocycles. The summed E-state index contributed by atoms with van der Waals surface area (Å²) in [6.07, 6.45) is 2.88. The van der Waals surface area contributed by atoms with Gasteiger partial charge in [0.05, 0.1) is 6.61 Å². The van der Waals surface area contributed by atoms with E-state index >= 15 is 0 Å². The van der Waals surface area contributed by atoms with E-state index in [1.54, 1.807) is 7.11 Å². The normalized spacial score (nSPS) is 24.2. The van der Waals surface area contributed by atoms with Gasteiger partial charge in [-0.25, -0.2) is 0 Å². The van der Waals surface area contributed by atoms with Gasteiger partial charge in [-0.15, -0.1) is 0 Å². The fourth-order valence-electron chi connectivity index (χ4n) is 2.36. The monoisotopic (exact) mass is 212 g/mol. The van der Waals surface area contributed by atoms with Crippen molar-refractivity contribution < 1.29 is 4.74 Å². The van der Waals surface area contributed by atoms with Crippen LogP contribution in [-0.4, -0.2) is 50.8 Å². The quantitative estimate of drug-likeness (QED) is 0.680. The van der Waals surface area contributed by atoms with Crippen molar-refractivity contribution in [2.24, 2.45) is 11.8 Å². The minimum atomic E-state index is 0.765. The highest BCUT2D eigenvalue weighted by Gasteiger charge is 2.33. The van der Waals surface area contributed by atoms with Crippen LogP contribution >= 0.6 is 0 Å². The van der Waals surface area contributed by atoms with Crippen molar-refractivity contribution in [3.8, 4) is 0 Å². The molecule has 0 amide bonds. The zero-order chi connectivity index (χ0) is 10.7. The molecule has 1 unspecified atom stereocenters. The Morgan fingerprint density at radius 2 is 2.13 bits per heavy atom. The van der Waals surface area contributed by atoms with Crippen molar-refractivity contribution in [2.75, 3.05) is 39.9 Å². The number of hydrogen-bond acceptors (Lipinski definition) is 3. The van der Waals surface area contributed by atoms with Gasteiger partial charge in [0.15, 0.2) is 0 Å². The number of methoxy groups -OCH3 is 1. The Morgan fingerprint density at radius 1 is 1.40 bits per heavy atom. The minimum Gasteiger partial charge on any atom is -0.383 e. The van der Waals surface area contributed by atoms with Crippen molar-refractivity contribution in [1.29, 1.82) is 0 Å². The zero-order valence-corrected chi connectivity index (χ0v) is 10.0. The molecule has 0 radical (unpaired) electrons. The Labute approximate surface area is 93.2 Å². The van der Waals surface area contributed by atoms with E-state index in [1.165, 1.54) is 32.5 Å². The van der Waals surface area contributed by atoms with E-state index in [0.717, 1.165) is 31.0 Å². The molecule has 1 atom stereocenters. The molecule has 15 heavy (non-hydrogen) atoms. The van der Waals surface area contributed by atoms with E-state index in [1.807, 2.05) is 0 Å². The lowest BCUT2D eigenvalue weighted by Gasteiger charge is -2.36. The summed E-state index contributed by atoms with van der Waals surface area (Å²) in [4.78, 5) is 2.63. The maximum Gasteiger partial charge on any atom is 0.0589 e. The average molecular weight is 212 g/mol. The third-order valence-corrected chi connectivity index (χ3v) is 3.82. The van der Waals surface area contributed by atoms with E-state index in [9.17, 15) is 0 Å². The van der Waals surface area contributed by atoms with Gasteiger partial charge in [0.2, 0.25) is 0 Å². The van der Waals surface area contributed by atoms with Gasteiger partial charge >= 0.3 is 0 Å². The maximum absolute atomic E-state index is 5.20. The molecule has 1 saturated carbocycles. The number of nitrogens with zero attached hydrogens (tertiary/aromatic N) is 1. The zero-order valence-electron chi connectivity index (χ0n) is 10.0. The lowest BCUT2D eigenvalue weighted by atomic mass is 10.0. The van der Waals surface area contributed by atoms with Crippen molar-refractivity contribution >= 4 is 0 Å². The van der Waals surface area contributed by atoms with Gasteiger partial charge in [-0.1, -0.05) is 0 Å². The van der Waals surface area contributed by atoms with Crippen LogP contribution in [0.1, 0.15) is 19.8 Å². The van der Waals surface area contributed by atoms with Gasteiger partial charge in [0.1, 0.15) is 0 Å². The van der Waals surface area contributed by atoms with Crippen molar-refractivity contribution in [3.05, 3.63) is 0 Å². The Morgan fingerprint density at radius 3 is 2.60 bits per heavy atom. The van der Waals surface area contributed by atoms with Gasteiger partial charge in [0, 0.05) is 39.3 Å². The fraction of sp³-hybridized carbons (Fsp3) is 1.00. The van der Waals surface area contributed by atoms with Gasteiger partial charge in [-0.3, -0.25) is 4.90 Å². The smallest absolute Gasteiger partial charge is 0.0589 e. The SMILES string of the molecule is COCCN(CC1CNC1)C(C)C1CC1. The van der Waals surface area contributed by atoms with Gasteiger partial charge in [-0.05, 0) is 31.6 Å². The van der Waals surface area contributed by atoms with Crippen LogP contribution < -0.4 is 5.32 Å². The summed E-state index contributed by atoms with van der Waals surface area (Å²) in [5.41, 5.74) is 0. The highest BCUT2D eigenvalue weighted by molar-refractivity contribution is 4.88. The van der Waals surface area contributed by atoms with Crippen LogP contribution in [0, 0.1) is 11.8 Å². The van der Waals surface area contributed by atoms with Crippen LogP contribution in [0.5, 0.6) is 0 Å². The van der Waals surface area contributed by atoms with Crippen LogP contribution in [-0.2, 0) is 4.74 Å². The molecule has 1 aliphatic carbocycles. The summed E-state index contributed by atoms with van der Waals surface area (Å²) in [5.74, 6) is 1.85. The first-order valence-corrected chi connectivity index (χ1v) is 6.25. The number of hydrogen-bond donors (Lipinski definition) is 1. The second-order valence-corrected chi connectivity index (χ2v) is 5.09. The first kappa shape index (κ1) is 11.4. The molecule has 2 fully saturated rings. The minimum absolute atomic E-state index is 0.765. The van der Waals surface area contributed by atoms with Crippen LogP contribution in [0.25, 0.3) is 0 Å². The summed E-state index contributed by atoms with van der Waals surface area (Å²) < 4.78 is 5.20. The third kappa shape index (κ3) is 3.16. The molecule has 0 bridgehead atoms. The largest absolute Gasteiger partial charge is 0.383 e. The molecule has 0 aromatic carbocycles. The molecule has 88 valence electrons. The van der Waals surface area contributed by atoms with E-state index in [0.29, 0.717) is 0 Å². The van der Waals surface area contributed by atoms with Gasteiger partial charge in [0.25, 0.3) is 0 Å². The second-order valence-electron chi connectivity index (χ2n) is 5.09. The average Bonchev–Trinajstić information content (AvgIpc) is 2.97. The molecule has 1 saturated heterocycles. The Bertz CT molecular complexity index is 190. The molecule has 0 aromatic heterocycles. The van der Waals surface area contributed by atoms with E-state index in [2.05, 4.69) is 17.1 Å². The lowest BCUT2D eigenvalue weighted by molar-refractivity contribution is 0.0929.